The third kappa shape index (κ3) is 4.51. The smallest absolute Gasteiger partial charge is 0.139 e. The monoisotopic (exact) mass is 317 g/mol. The summed E-state index contributed by atoms with van der Waals surface area (Å²) in [6.07, 6.45) is 3.35. The Kier molecular flexibility index (Phi) is 5.11. The molecule has 6 heteroatoms. The molecular weight excluding hydrogens is 297 g/mol. The van der Waals surface area contributed by atoms with Crippen molar-refractivity contribution >= 4 is 8.07 Å². The molecule has 0 spiro atoms. The summed E-state index contributed by atoms with van der Waals surface area (Å²) in [7, 11) is -1.09. The maximum Gasteiger partial charge on any atom is 0.139 e. The van der Waals surface area contributed by atoms with Crippen molar-refractivity contribution in [3.63, 3.8) is 0 Å². The predicted molar refractivity (Wildman–Crippen MR) is 86.4 cm³/mol. The van der Waals surface area contributed by atoms with E-state index in [1.54, 1.807) is 29.2 Å². The molecule has 0 saturated heterocycles. The van der Waals surface area contributed by atoms with Crippen LogP contribution in [0, 0.1) is 17.1 Å². The van der Waals surface area contributed by atoms with E-state index in [1.165, 1.54) is 6.07 Å². The van der Waals surface area contributed by atoms with Crippen LogP contribution in [0.15, 0.2) is 30.6 Å². The third-order valence-electron chi connectivity index (χ3n) is 3.26. The molecule has 0 aliphatic rings. The fourth-order valence-corrected chi connectivity index (χ4v) is 2.69. The molecular formula is C16H20FN3OSi. The van der Waals surface area contributed by atoms with Crippen LogP contribution in [0.5, 0.6) is 0 Å². The zero-order valence-corrected chi connectivity index (χ0v) is 14.1. The number of ether oxygens (including phenoxy) is 1. The first kappa shape index (κ1) is 16.4. The van der Waals surface area contributed by atoms with Gasteiger partial charge in [-0.2, -0.15) is 10.4 Å². The van der Waals surface area contributed by atoms with E-state index in [2.05, 4.69) is 24.7 Å². The normalized spacial score (nSPS) is 11.4. The van der Waals surface area contributed by atoms with Crippen molar-refractivity contribution < 1.29 is 9.13 Å². The Bertz CT molecular complexity index is 685. The number of hydrogen-bond acceptors (Lipinski definition) is 3. The molecule has 1 heterocycles. The van der Waals surface area contributed by atoms with Crippen LogP contribution in [-0.2, 0) is 11.5 Å². The standard InChI is InChI=1S/C16H20FN3OSi/c1-22(2,3)7-6-21-12-20-11-14(10-19-20)15-5-4-13(9-18)8-16(15)17/h4-5,8,10-11H,6-7,12H2,1-3H3. The highest BCUT2D eigenvalue weighted by Crippen LogP contribution is 2.23. The molecule has 0 atom stereocenters. The summed E-state index contributed by atoms with van der Waals surface area (Å²) in [5, 5.41) is 12.9. The minimum absolute atomic E-state index is 0.309. The molecule has 2 rings (SSSR count). The van der Waals surface area contributed by atoms with Gasteiger partial charge in [0.05, 0.1) is 17.8 Å². The largest absolute Gasteiger partial charge is 0.360 e. The SMILES string of the molecule is C[Si](C)(C)CCOCn1cc(-c2ccc(C#N)cc2F)cn1. The molecule has 0 saturated carbocycles. The lowest BCUT2D eigenvalue weighted by molar-refractivity contribution is 0.0786. The Morgan fingerprint density at radius 1 is 1.36 bits per heavy atom. The third-order valence-corrected chi connectivity index (χ3v) is 4.97. The maximum absolute atomic E-state index is 14.0. The molecule has 1 aromatic heterocycles. The van der Waals surface area contributed by atoms with Gasteiger partial charge in [0.1, 0.15) is 12.5 Å². The molecule has 0 bridgehead atoms. The topological polar surface area (TPSA) is 50.8 Å². The predicted octanol–water partition coefficient (Wildman–Crippen LogP) is 3.87. The molecule has 22 heavy (non-hydrogen) atoms. The quantitative estimate of drug-likeness (QED) is 0.600. The Morgan fingerprint density at radius 3 is 2.77 bits per heavy atom. The van der Waals surface area contributed by atoms with Crippen LogP contribution < -0.4 is 0 Å². The molecule has 0 unspecified atom stereocenters. The molecule has 0 aliphatic carbocycles. The van der Waals surface area contributed by atoms with Crippen LogP contribution in [0.2, 0.25) is 25.7 Å². The Balaban J connectivity index is 1.98. The van der Waals surface area contributed by atoms with E-state index in [1.807, 2.05) is 6.07 Å². The molecule has 116 valence electrons. The fraction of sp³-hybridized carbons (Fsp3) is 0.375. The summed E-state index contributed by atoms with van der Waals surface area (Å²) < 4.78 is 21.2. The van der Waals surface area contributed by atoms with E-state index >= 15 is 0 Å². The first-order valence-corrected chi connectivity index (χ1v) is 10.9. The van der Waals surface area contributed by atoms with E-state index in [-0.39, 0.29) is 0 Å². The van der Waals surface area contributed by atoms with Crippen molar-refractivity contribution in [2.45, 2.75) is 32.4 Å². The first-order chi connectivity index (χ1) is 10.4. The van der Waals surface area contributed by atoms with E-state index in [9.17, 15) is 4.39 Å². The molecule has 4 nitrogen and oxygen atoms in total. The van der Waals surface area contributed by atoms with Crippen molar-refractivity contribution in [1.29, 1.82) is 5.26 Å². The summed E-state index contributed by atoms with van der Waals surface area (Å²) in [5.74, 6) is -0.418. The molecule has 0 fully saturated rings. The zero-order valence-electron chi connectivity index (χ0n) is 13.1. The van der Waals surface area contributed by atoms with Crippen LogP contribution in [0.25, 0.3) is 11.1 Å². The van der Waals surface area contributed by atoms with Gasteiger partial charge in [-0.05, 0) is 18.2 Å². The zero-order chi connectivity index (χ0) is 16.2. The number of hydrogen-bond donors (Lipinski definition) is 0. The van der Waals surface area contributed by atoms with Gasteiger partial charge in [0.15, 0.2) is 0 Å². The molecule has 2 aromatic rings. The Hall–Kier alpha value is -1.97. The number of nitriles is 1. The second kappa shape index (κ2) is 6.86. The lowest BCUT2D eigenvalue weighted by Crippen LogP contribution is -2.22. The summed E-state index contributed by atoms with van der Waals surface area (Å²) in [6.45, 7) is 7.99. The van der Waals surface area contributed by atoms with Gasteiger partial charge in [-0.25, -0.2) is 9.07 Å². The van der Waals surface area contributed by atoms with Gasteiger partial charge in [-0.15, -0.1) is 0 Å². The fourth-order valence-electron chi connectivity index (χ4n) is 1.93. The lowest BCUT2D eigenvalue weighted by atomic mass is 10.1. The Labute approximate surface area is 131 Å². The number of halogens is 1. The molecule has 0 aliphatic heterocycles. The minimum atomic E-state index is -1.09. The highest BCUT2D eigenvalue weighted by atomic mass is 28.3. The van der Waals surface area contributed by atoms with Crippen molar-refractivity contribution in [1.82, 2.24) is 9.78 Å². The number of rotatable bonds is 6. The van der Waals surface area contributed by atoms with Crippen LogP contribution in [0.1, 0.15) is 5.56 Å². The van der Waals surface area contributed by atoms with Crippen molar-refractivity contribution in [3.05, 3.63) is 42.0 Å². The molecule has 1 aromatic carbocycles. The summed E-state index contributed by atoms with van der Waals surface area (Å²) in [6, 6.07) is 7.45. The number of benzene rings is 1. The summed E-state index contributed by atoms with van der Waals surface area (Å²) in [4.78, 5) is 0. The second-order valence-electron chi connectivity index (χ2n) is 6.42. The summed E-state index contributed by atoms with van der Waals surface area (Å²) in [5.41, 5.74) is 1.42. The van der Waals surface area contributed by atoms with E-state index in [4.69, 9.17) is 10.00 Å². The van der Waals surface area contributed by atoms with Crippen molar-refractivity contribution in [2.24, 2.45) is 0 Å². The average Bonchev–Trinajstić information content (AvgIpc) is 2.91. The molecule has 0 N–H and O–H groups in total. The summed E-state index contributed by atoms with van der Waals surface area (Å²) >= 11 is 0. The number of aromatic nitrogens is 2. The Morgan fingerprint density at radius 2 is 2.14 bits per heavy atom. The van der Waals surface area contributed by atoms with Gasteiger partial charge >= 0.3 is 0 Å². The van der Waals surface area contributed by atoms with Gasteiger partial charge < -0.3 is 4.74 Å². The number of nitrogens with zero attached hydrogens (tertiary/aromatic N) is 3. The van der Waals surface area contributed by atoms with E-state index in [0.717, 1.165) is 12.7 Å². The van der Waals surface area contributed by atoms with Crippen molar-refractivity contribution in [3.8, 4) is 17.2 Å². The molecule has 0 radical (unpaired) electrons. The van der Waals surface area contributed by atoms with E-state index < -0.39 is 13.9 Å². The van der Waals surface area contributed by atoms with E-state index in [0.29, 0.717) is 23.4 Å². The van der Waals surface area contributed by atoms with Crippen molar-refractivity contribution in [2.75, 3.05) is 6.61 Å². The maximum atomic E-state index is 14.0. The van der Waals surface area contributed by atoms with Crippen LogP contribution in [0.4, 0.5) is 4.39 Å². The van der Waals surface area contributed by atoms with Crippen LogP contribution in [-0.4, -0.2) is 24.5 Å². The van der Waals surface area contributed by atoms with Crippen LogP contribution in [0.3, 0.4) is 0 Å². The van der Waals surface area contributed by atoms with Crippen LogP contribution >= 0.6 is 0 Å². The van der Waals surface area contributed by atoms with Gasteiger partial charge in [-0.1, -0.05) is 25.7 Å². The van der Waals surface area contributed by atoms with Gasteiger partial charge in [0.25, 0.3) is 0 Å². The van der Waals surface area contributed by atoms with Gasteiger partial charge in [0.2, 0.25) is 0 Å². The highest BCUT2D eigenvalue weighted by Gasteiger charge is 2.12. The highest BCUT2D eigenvalue weighted by molar-refractivity contribution is 6.76. The van der Waals surface area contributed by atoms with Gasteiger partial charge in [0, 0.05) is 32.0 Å². The first-order valence-electron chi connectivity index (χ1n) is 7.19. The average molecular weight is 317 g/mol. The second-order valence-corrected chi connectivity index (χ2v) is 12.0. The lowest BCUT2D eigenvalue weighted by Gasteiger charge is -2.15. The van der Waals surface area contributed by atoms with Gasteiger partial charge in [-0.3, -0.25) is 0 Å². The molecule has 0 amide bonds. The minimum Gasteiger partial charge on any atom is -0.360 e.